The highest BCUT2D eigenvalue weighted by molar-refractivity contribution is 5.91. The van der Waals surface area contributed by atoms with Crippen molar-refractivity contribution >= 4 is 28.6 Å². The minimum absolute atomic E-state index is 0.0949. The Kier molecular flexibility index (Phi) is 3.83. The molecule has 1 amide bonds. The normalized spacial score (nSPS) is 14.4. The number of carbonyl (C=O) groups excluding carboxylic acids is 1. The van der Waals surface area contributed by atoms with Gasteiger partial charge in [0.15, 0.2) is 0 Å². The van der Waals surface area contributed by atoms with Crippen LogP contribution < -0.4 is 16.6 Å². The van der Waals surface area contributed by atoms with E-state index in [0.29, 0.717) is 11.8 Å². The van der Waals surface area contributed by atoms with Gasteiger partial charge in [0.1, 0.15) is 5.82 Å². The van der Waals surface area contributed by atoms with Crippen LogP contribution in [0.15, 0.2) is 24.3 Å². The second kappa shape index (κ2) is 5.92. The molecule has 2 heterocycles. The molecule has 1 aromatic heterocycles. The molecule has 7 nitrogen and oxygen atoms in total. The maximum atomic E-state index is 12.1. The Bertz CT molecular complexity index is 653. The van der Waals surface area contributed by atoms with Gasteiger partial charge in [-0.25, -0.2) is 10.8 Å². The topological polar surface area (TPSA) is 96.2 Å². The first-order valence-corrected chi connectivity index (χ1v) is 7.03. The Morgan fingerprint density at radius 2 is 2.00 bits per heavy atom. The summed E-state index contributed by atoms with van der Waals surface area (Å²) in [4.78, 5) is 22.5. The summed E-state index contributed by atoms with van der Waals surface area (Å²) < 4.78 is 0. The SMILES string of the molecule is NNc1nc(NCC(=O)N2CCCC2)c2ccccc2n1. The molecule has 0 bridgehead atoms. The lowest BCUT2D eigenvalue weighted by atomic mass is 10.2. The summed E-state index contributed by atoms with van der Waals surface area (Å²) in [6.45, 7) is 1.92. The minimum Gasteiger partial charge on any atom is -0.360 e. The second-order valence-electron chi connectivity index (χ2n) is 5.00. The first kappa shape index (κ1) is 13.6. The van der Waals surface area contributed by atoms with E-state index < -0.39 is 0 Å². The van der Waals surface area contributed by atoms with Crippen molar-refractivity contribution in [3.63, 3.8) is 0 Å². The number of nitrogens with zero attached hydrogens (tertiary/aromatic N) is 3. The van der Waals surface area contributed by atoms with Crippen LogP contribution in [0.4, 0.5) is 11.8 Å². The number of rotatable bonds is 4. The highest BCUT2D eigenvalue weighted by Gasteiger charge is 2.18. The fourth-order valence-corrected chi connectivity index (χ4v) is 2.51. The maximum Gasteiger partial charge on any atom is 0.241 e. The summed E-state index contributed by atoms with van der Waals surface area (Å²) in [7, 11) is 0. The van der Waals surface area contributed by atoms with Crippen molar-refractivity contribution in [1.29, 1.82) is 0 Å². The predicted molar refractivity (Wildman–Crippen MR) is 81.7 cm³/mol. The highest BCUT2D eigenvalue weighted by Crippen LogP contribution is 2.21. The van der Waals surface area contributed by atoms with Gasteiger partial charge in [-0.2, -0.15) is 4.98 Å². The number of likely N-dealkylation sites (tertiary alicyclic amines) is 1. The largest absolute Gasteiger partial charge is 0.360 e. The molecule has 3 rings (SSSR count). The van der Waals surface area contributed by atoms with Gasteiger partial charge in [-0.3, -0.25) is 10.2 Å². The molecule has 110 valence electrons. The monoisotopic (exact) mass is 286 g/mol. The van der Waals surface area contributed by atoms with Crippen LogP contribution in [-0.2, 0) is 4.79 Å². The van der Waals surface area contributed by atoms with Gasteiger partial charge >= 0.3 is 0 Å². The van der Waals surface area contributed by atoms with Gasteiger partial charge in [0, 0.05) is 18.5 Å². The van der Waals surface area contributed by atoms with Crippen LogP contribution in [0.5, 0.6) is 0 Å². The number of hydrogen-bond acceptors (Lipinski definition) is 6. The molecular weight excluding hydrogens is 268 g/mol. The van der Waals surface area contributed by atoms with Crippen molar-refractivity contribution in [3.05, 3.63) is 24.3 Å². The number of benzene rings is 1. The van der Waals surface area contributed by atoms with Crippen molar-refractivity contribution in [2.45, 2.75) is 12.8 Å². The van der Waals surface area contributed by atoms with Crippen LogP contribution in [0.3, 0.4) is 0 Å². The van der Waals surface area contributed by atoms with E-state index in [1.54, 1.807) is 0 Å². The van der Waals surface area contributed by atoms with E-state index in [2.05, 4.69) is 20.7 Å². The third-order valence-electron chi connectivity index (χ3n) is 3.60. The van der Waals surface area contributed by atoms with Crippen LogP contribution in [0.1, 0.15) is 12.8 Å². The molecule has 1 fully saturated rings. The number of amides is 1. The van der Waals surface area contributed by atoms with Gasteiger partial charge in [-0.05, 0) is 25.0 Å². The summed E-state index contributed by atoms with van der Waals surface area (Å²) in [6, 6.07) is 7.60. The standard InChI is InChI=1S/C14H18N6O/c15-19-14-17-11-6-2-1-5-10(11)13(18-14)16-9-12(21)20-7-3-4-8-20/h1-2,5-6H,3-4,7-9,15H2,(H2,16,17,18,19). The second-order valence-corrected chi connectivity index (χ2v) is 5.00. The summed E-state index contributed by atoms with van der Waals surface area (Å²) in [5.74, 6) is 6.42. The molecule has 0 unspecified atom stereocenters. The number of nitrogens with one attached hydrogen (secondary N) is 2. The zero-order chi connectivity index (χ0) is 14.7. The Morgan fingerprint density at radius 3 is 2.76 bits per heavy atom. The van der Waals surface area contributed by atoms with Gasteiger partial charge in [0.2, 0.25) is 11.9 Å². The van der Waals surface area contributed by atoms with E-state index in [1.165, 1.54) is 0 Å². The molecule has 1 saturated heterocycles. The van der Waals surface area contributed by atoms with Gasteiger partial charge in [-0.1, -0.05) is 12.1 Å². The van der Waals surface area contributed by atoms with E-state index in [4.69, 9.17) is 5.84 Å². The smallest absolute Gasteiger partial charge is 0.241 e. The van der Waals surface area contributed by atoms with Crippen molar-refractivity contribution < 1.29 is 4.79 Å². The lowest BCUT2D eigenvalue weighted by Gasteiger charge is -2.16. The number of aromatic nitrogens is 2. The van der Waals surface area contributed by atoms with Gasteiger partial charge < -0.3 is 10.2 Å². The Morgan fingerprint density at radius 1 is 1.24 bits per heavy atom. The molecule has 4 N–H and O–H groups in total. The van der Waals surface area contributed by atoms with Crippen LogP contribution in [0.2, 0.25) is 0 Å². The summed E-state index contributed by atoms with van der Waals surface area (Å²) in [5, 5.41) is 3.97. The molecule has 0 spiro atoms. The van der Waals surface area contributed by atoms with E-state index >= 15 is 0 Å². The number of nitrogens with two attached hydrogens (primary N) is 1. The van der Waals surface area contributed by atoms with Gasteiger partial charge in [0.05, 0.1) is 12.1 Å². The molecule has 21 heavy (non-hydrogen) atoms. The molecule has 2 aromatic rings. The first-order valence-electron chi connectivity index (χ1n) is 7.03. The molecule has 0 radical (unpaired) electrons. The van der Waals surface area contributed by atoms with E-state index in [-0.39, 0.29) is 12.5 Å². The van der Waals surface area contributed by atoms with Crippen molar-refractivity contribution in [1.82, 2.24) is 14.9 Å². The van der Waals surface area contributed by atoms with E-state index in [9.17, 15) is 4.79 Å². The third-order valence-corrected chi connectivity index (χ3v) is 3.60. The summed E-state index contributed by atoms with van der Waals surface area (Å²) in [6.07, 6.45) is 2.17. The highest BCUT2D eigenvalue weighted by atomic mass is 16.2. The maximum absolute atomic E-state index is 12.1. The van der Waals surface area contributed by atoms with Crippen molar-refractivity contribution in [2.24, 2.45) is 5.84 Å². The fraction of sp³-hybridized carbons (Fsp3) is 0.357. The lowest BCUT2D eigenvalue weighted by molar-refractivity contribution is -0.128. The Labute approximate surface area is 122 Å². The minimum atomic E-state index is 0.0949. The lowest BCUT2D eigenvalue weighted by Crippen LogP contribution is -2.33. The van der Waals surface area contributed by atoms with E-state index in [1.807, 2.05) is 29.2 Å². The number of anilines is 2. The molecular formula is C14H18N6O. The number of fused-ring (bicyclic) bond motifs is 1. The number of hydrazine groups is 1. The quantitative estimate of drug-likeness (QED) is 0.572. The number of nitrogen functional groups attached to an aromatic ring is 1. The predicted octanol–water partition coefficient (Wildman–Crippen LogP) is 0.950. The molecule has 1 aliphatic heterocycles. The Balaban J connectivity index is 1.80. The van der Waals surface area contributed by atoms with Crippen LogP contribution >= 0.6 is 0 Å². The average molecular weight is 286 g/mol. The average Bonchev–Trinajstić information content (AvgIpc) is 3.06. The fourth-order valence-electron chi connectivity index (χ4n) is 2.51. The number of carbonyl (C=O) groups is 1. The molecule has 0 atom stereocenters. The molecule has 0 saturated carbocycles. The molecule has 1 aromatic carbocycles. The molecule has 7 heteroatoms. The number of hydrogen-bond donors (Lipinski definition) is 3. The first-order chi connectivity index (χ1) is 10.3. The van der Waals surface area contributed by atoms with Crippen molar-refractivity contribution in [2.75, 3.05) is 30.4 Å². The van der Waals surface area contributed by atoms with Crippen molar-refractivity contribution in [3.8, 4) is 0 Å². The summed E-state index contributed by atoms with van der Waals surface area (Å²) >= 11 is 0. The summed E-state index contributed by atoms with van der Waals surface area (Å²) in [5.41, 5.74) is 3.22. The Hall–Kier alpha value is -2.41. The van der Waals surface area contributed by atoms with Crippen LogP contribution in [-0.4, -0.2) is 40.4 Å². The van der Waals surface area contributed by atoms with Crippen LogP contribution in [0, 0.1) is 0 Å². The zero-order valence-electron chi connectivity index (χ0n) is 11.7. The van der Waals surface area contributed by atoms with E-state index in [0.717, 1.165) is 36.8 Å². The third kappa shape index (κ3) is 2.87. The molecule has 0 aliphatic carbocycles. The zero-order valence-corrected chi connectivity index (χ0v) is 11.7. The van der Waals surface area contributed by atoms with Crippen LogP contribution in [0.25, 0.3) is 10.9 Å². The molecule has 1 aliphatic rings. The van der Waals surface area contributed by atoms with Gasteiger partial charge in [-0.15, -0.1) is 0 Å². The van der Waals surface area contributed by atoms with Gasteiger partial charge in [0.25, 0.3) is 0 Å². The number of para-hydroxylation sites is 1.